The summed E-state index contributed by atoms with van der Waals surface area (Å²) in [7, 11) is 3.35. The first-order chi connectivity index (χ1) is 14.7. The summed E-state index contributed by atoms with van der Waals surface area (Å²) in [6.45, 7) is 3.41. The molecule has 30 heavy (non-hydrogen) atoms. The van der Waals surface area contributed by atoms with Crippen molar-refractivity contribution in [1.29, 1.82) is 0 Å². The highest BCUT2D eigenvalue weighted by atomic mass is 16.5. The lowest BCUT2D eigenvalue weighted by atomic mass is 10.1. The van der Waals surface area contributed by atoms with Crippen LogP contribution in [0.25, 0.3) is 11.3 Å². The van der Waals surface area contributed by atoms with Crippen LogP contribution in [-0.4, -0.2) is 55.3 Å². The van der Waals surface area contributed by atoms with Gasteiger partial charge in [-0.05, 0) is 36.2 Å². The van der Waals surface area contributed by atoms with Gasteiger partial charge in [-0.15, -0.1) is 0 Å². The molecule has 1 fully saturated rings. The quantitative estimate of drug-likeness (QED) is 0.596. The molecule has 1 saturated heterocycles. The highest BCUT2D eigenvalue weighted by Crippen LogP contribution is 2.25. The third-order valence-corrected chi connectivity index (χ3v) is 5.37. The van der Waals surface area contributed by atoms with Crippen molar-refractivity contribution < 1.29 is 14.2 Å². The lowest BCUT2D eigenvalue weighted by Crippen LogP contribution is -2.39. The van der Waals surface area contributed by atoms with Crippen LogP contribution in [0.1, 0.15) is 17.4 Å². The summed E-state index contributed by atoms with van der Waals surface area (Å²) in [5, 5.41) is 0. The topological polar surface area (TPSA) is 56.7 Å². The van der Waals surface area contributed by atoms with Crippen LogP contribution in [0, 0.1) is 0 Å². The number of hydrogen-bond acceptors (Lipinski definition) is 6. The molecule has 1 aliphatic heterocycles. The highest BCUT2D eigenvalue weighted by molar-refractivity contribution is 5.60. The number of methoxy groups -OCH3 is 2. The summed E-state index contributed by atoms with van der Waals surface area (Å²) >= 11 is 0. The molecule has 0 spiro atoms. The van der Waals surface area contributed by atoms with E-state index in [1.54, 1.807) is 26.6 Å². The largest absolute Gasteiger partial charge is 0.497 e. The molecule has 4 rings (SSSR count). The minimum atomic E-state index is -0.0762. The number of ether oxygens (including phenoxy) is 3. The first kappa shape index (κ1) is 20.3. The van der Waals surface area contributed by atoms with E-state index in [0.717, 1.165) is 54.5 Å². The van der Waals surface area contributed by atoms with Crippen molar-refractivity contribution in [1.82, 2.24) is 14.9 Å². The minimum Gasteiger partial charge on any atom is -0.497 e. The van der Waals surface area contributed by atoms with Crippen LogP contribution in [0.3, 0.4) is 0 Å². The molecule has 6 nitrogen and oxygen atoms in total. The monoisotopic (exact) mass is 405 g/mol. The smallest absolute Gasteiger partial charge is 0.119 e. The van der Waals surface area contributed by atoms with Crippen LogP contribution >= 0.6 is 0 Å². The summed E-state index contributed by atoms with van der Waals surface area (Å²) < 4.78 is 16.6. The average molecular weight is 405 g/mol. The van der Waals surface area contributed by atoms with Crippen molar-refractivity contribution in [3.05, 3.63) is 72.2 Å². The van der Waals surface area contributed by atoms with Gasteiger partial charge in [0.1, 0.15) is 17.6 Å². The molecule has 0 unspecified atom stereocenters. The molecule has 1 aromatic heterocycles. The van der Waals surface area contributed by atoms with E-state index in [0.29, 0.717) is 6.61 Å². The van der Waals surface area contributed by atoms with Gasteiger partial charge in [0.15, 0.2) is 0 Å². The standard InChI is InChI=1S/C24H27N3O3/c1-28-20-8-6-18(7-9-20)10-11-27-12-13-30-24(17-27)23-16-25-15-22(26-23)19-4-3-5-21(14-19)29-2/h3-9,14-16,24H,10-13,17H2,1-2H3/t24-/m0/s1. The van der Waals surface area contributed by atoms with E-state index >= 15 is 0 Å². The Morgan fingerprint density at radius 2 is 1.87 bits per heavy atom. The molecule has 1 atom stereocenters. The van der Waals surface area contributed by atoms with Gasteiger partial charge in [0.05, 0.1) is 44.6 Å². The molecule has 1 aliphatic rings. The summed E-state index contributed by atoms with van der Waals surface area (Å²) in [6, 6.07) is 16.1. The van der Waals surface area contributed by atoms with E-state index in [2.05, 4.69) is 22.0 Å². The zero-order valence-electron chi connectivity index (χ0n) is 17.5. The Kier molecular flexibility index (Phi) is 6.57. The van der Waals surface area contributed by atoms with Crippen LogP contribution in [0.4, 0.5) is 0 Å². The zero-order chi connectivity index (χ0) is 20.8. The minimum absolute atomic E-state index is 0.0762. The maximum atomic E-state index is 6.03. The van der Waals surface area contributed by atoms with E-state index < -0.39 is 0 Å². The second kappa shape index (κ2) is 9.69. The Morgan fingerprint density at radius 3 is 2.67 bits per heavy atom. The zero-order valence-corrected chi connectivity index (χ0v) is 17.5. The van der Waals surface area contributed by atoms with E-state index in [4.69, 9.17) is 19.2 Å². The molecule has 3 aromatic rings. The predicted molar refractivity (Wildman–Crippen MR) is 116 cm³/mol. The fourth-order valence-corrected chi connectivity index (χ4v) is 3.62. The lowest BCUT2D eigenvalue weighted by molar-refractivity contribution is -0.0317. The normalized spacial score (nSPS) is 16.9. The summed E-state index contributed by atoms with van der Waals surface area (Å²) in [5.41, 5.74) is 3.98. The fraction of sp³-hybridized carbons (Fsp3) is 0.333. The van der Waals surface area contributed by atoms with Crippen molar-refractivity contribution in [2.24, 2.45) is 0 Å². The number of nitrogens with zero attached hydrogens (tertiary/aromatic N) is 3. The Balaban J connectivity index is 1.41. The molecule has 2 aromatic carbocycles. The average Bonchev–Trinajstić information content (AvgIpc) is 2.83. The van der Waals surface area contributed by atoms with Gasteiger partial charge in [0, 0.05) is 25.2 Å². The molecule has 0 saturated carbocycles. The molecule has 2 heterocycles. The van der Waals surface area contributed by atoms with Crippen LogP contribution in [-0.2, 0) is 11.2 Å². The number of aromatic nitrogens is 2. The van der Waals surface area contributed by atoms with Crippen LogP contribution < -0.4 is 9.47 Å². The summed E-state index contributed by atoms with van der Waals surface area (Å²) in [4.78, 5) is 11.7. The highest BCUT2D eigenvalue weighted by Gasteiger charge is 2.23. The SMILES string of the molecule is COc1ccc(CCN2CCO[C@H](c3cncc(-c4cccc(OC)c4)n3)C2)cc1. The van der Waals surface area contributed by atoms with Gasteiger partial charge in [-0.3, -0.25) is 9.88 Å². The molecule has 0 amide bonds. The van der Waals surface area contributed by atoms with Gasteiger partial charge < -0.3 is 14.2 Å². The molecule has 6 heteroatoms. The summed E-state index contributed by atoms with van der Waals surface area (Å²) in [5.74, 6) is 1.69. The van der Waals surface area contributed by atoms with Gasteiger partial charge in [0.25, 0.3) is 0 Å². The van der Waals surface area contributed by atoms with Crippen LogP contribution in [0.15, 0.2) is 60.9 Å². The second-order valence-electron chi connectivity index (χ2n) is 7.32. The van der Waals surface area contributed by atoms with E-state index in [1.807, 2.05) is 36.4 Å². The Morgan fingerprint density at radius 1 is 1.03 bits per heavy atom. The third-order valence-electron chi connectivity index (χ3n) is 5.37. The van der Waals surface area contributed by atoms with Crippen molar-refractivity contribution in [3.8, 4) is 22.8 Å². The molecule has 0 aliphatic carbocycles. The van der Waals surface area contributed by atoms with Gasteiger partial charge in [0.2, 0.25) is 0 Å². The number of rotatable bonds is 7. The first-order valence-electron chi connectivity index (χ1n) is 10.2. The molecule has 156 valence electrons. The van der Waals surface area contributed by atoms with E-state index in [-0.39, 0.29) is 6.10 Å². The second-order valence-corrected chi connectivity index (χ2v) is 7.32. The lowest BCUT2D eigenvalue weighted by Gasteiger charge is -2.32. The van der Waals surface area contributed by atoms with E-state index in [1.165, 1.54) is 5.56 Å². The Bertz CT molecular complexity index is 962. The molecular weight excluding hydrogens is 378 g/mol. The van der Waals surface area contributed by atoms with Crippen molar-refractivity contribution in [2.75, 3.05) is 40.5 Å². The molecule has 0 bridgehead atoms. The van der Waals surface area contributed by atoms with Gasteiger partial charge >= 0.3 is 0 Å². The van der Waals surface area contributed by atoms with Crippen molar-refractivity contribution in [2.45, 2.75) is 12.5 Å². The number of morpholine rings is 1. The van der Waals surface area contributed by atoms with E-state index in [9.17, 15) is 0 Å². The Hall–Kier alpha value is -2.96. The Labute approximate surface area is 177 Å². The van der Waals surface area contributed by atoms with Gasteiger partial charge in [-0.1, -0.05) is 24.3 Å². The van der Waals surface area contributed by atoms with Crippen molar-refractivity contribution >= 4 is 0 Å². The van der Waals surface area contributed by atoms with Gasteiger partial charge in [-0.25, -0.2) is 4.98 Å². The molecule has 0 radical (unpaired) electrons. The fourth-order valence-electron chi connectivity index (χ4n) is 3.62. The maximum absolute atomic E-state index is 6.03. The summed E-state index contributed by atoms with van der Waals surface area (Å²) in [6.07, 6.45) is 4.50. The first-order valence-corrected chi connectivity index (χ1v) is 10.2. The third kappa shape index (κ3) is 4.96. The predicted octanol–water partition coefficient (Wildman–Crippen LogP) is 3.78. The van der Waals surface area contributed by atoms with Crippen molar-refractivity contribution in [3.63, 3.8) is 0 Å². The van der Waals surface area contributed by atoms with Crippen LogP contribution in [0.5, 0.6) is 11.5 Å². The maximum Gasteiger partial charge on any atom is 0.119 e. The number of benzene rings is 2. The molecule has 0 N–H and O–H groups in total. The number of hydrogen-bond donors (Lipinski definition) is 0. The van der Waals surface area contributed by atoms with Gasteiger partial charge in [-0.2, -0.15) is 0 Å². The molecular formula is C24H27N3O3. The van der Waals surface area contributed by atoms with Crippen LogP contribution in [0.2, 0.25) is 0 Å².